The summed E-state index contributed by atoms with van der Waals surface area (Å²) in [7, 11) is 0. The molecule has 0 aromatic heterocycles. The molecule has 0 atom stereocenters. The number of rotatable bonds is 5. The third-order valence-corrected chi connectivity index (χ3v) is 5.75. The minimum Gasteiger partial charge on any atom is -0.492 e. The molecule has 0 radical (unpaired) electrons. The molecule has 134 valence electrons. The lowest BCUT2D eigenvalue weighted by atomic mass is 10.2. The lowest BCUT2D eigenvalue weighted by molar-refractivity contribution is -0.123. The van der Waals surface area contributed by atoms with Crippen molar-refractivity contribution in [2.24, 2.45) is 0 Å². The van der Waals surface area contributed by atoms with Crippen LogP contribution in [0.25, 0.3) is 6.08 Å². The van der Waals surface area contributed by atoms with Gasteiger partial charge in [-0.2, -0.15) is 0 Å². The predicted octanol–water partition coefficient (Wildman–Crippen LogP) is 5.85. The molecular weight excluding hydrogens is 482 g/mol. The number of imide groups is 1. The van der Waals surface area contributed by atoms with Crippen LogP contribution in [0, 0.1) is 0 Å². The summed E-state index contributed by atoms with van der Waals surface area (Å²) in [5.74, 6) is 0.437. The van der Waals surface area contributed by atoms with Gasteiger partial charge in [0.05, 0.1) is 27.0 Å². The van der Waals surface area contributed by atoms with Crippen molar-refractivity contribution in [3.05, 3.63) is 67.4 Å². The van der Waals surface area contributed by atoms with E-state index in [1.54, 1.807) is 6.08 Å². The average molecular weight is 497 g/mol. The molecular formula is C19H15Br2NO3S. The van der Waals surface area contributed by atoms with Gasteiger partial charge in [-0.3, -0.25) is 14.5 Å². The summed E-state index contributed by atoms with van der Waals surface area (Å²) < 4.78 is 7.13. The fraction of sp³-hybridized carbons (Fsp3) is 0.158. The number of nitrogens with zero attached hydrogens (tertiary/aromatic N) is 1. The molecule has 1 fully saturated rings. The van der Waals surface area contributed by atoms with E-state index in [2.05, 4.69) is 31.9 Å². The van der Waals surface area contributed by atoms with Crippen LogP contribution in [0.15, 0.2) is 56.3 Å². The lowest BCUT2D eigenvalue weighted by Gasteiger charge is -2.12. The van der Waals surface area contributed by atoms with Crippen molar-refractivity contribution in [2.75, 3.05) is 6.61 Å². The van der Waals surface area contributed by atoms with E-state index in [9.17, 15) is 9.59 Å². The van der Waals surface area contributed by atoms with E-state index in [1.807, 2.05) is 49.4 Å². The molecule has 1 aliphatic heterocycles. The minimum absolute atomic E-state index is 0.255. The fourth-order valence-corrected chi connectivity index (χ4v) is 4.79. The van der Waals surface area contributed by atoms with Crippen LogP contribution in [-0.4, -0.2) is 22.7 Å². The van der Waals surface area contributed by atoms with Gasteiger partial charge in [-0.1, -0.05) is 30.3 Å². The Balaban J connectivity index is 1.84. The van der Waals surface area contributed by atoms with Crippen LogP contribution in [0.3, 0.4) is 0 Å². The summed E-state index contributed by atoms with van der Waals surface area (Å²) >= 11 is 7.91. The molecule has 2 aromatic rings. The van der Waals surface area contributed by atoms with Crippen molar-refractivity contribution < 1.29 is 14.3 Å². The van der Waals surface area contributed by atoms with Crippen molar-refractivity contribution in [3.63, 3.8) is 0 Å². The third kappa shape index (κ3) is 4.22. The van der Waals surface area contributed by atoms with E-state index in [-0.39, 0.29) is 17.7 Å². The molecule has 2 aromatic carbocycles. The van der Waals surface area contributed by atoms with E-state index in [0.29, 0.717) is 17.3 Å². The Hall–Kier alpha value is -1.57. The highest BCUT2D eigenvalue weighted by atomic mass is 79.9. The van der Waals surface area contributed by atoms with Gasteiger partial charge in [0.2, 0.25) is 0 Å². The first-order valence-electron chi connectivity index (χ1n) is 7.90. The Labute approximate surface area is 172 Å². The fourth-order valence-electron chi connectivity index (χ4n) is 2.50. The average Bonchev–Trinajstić information content (AvgIpc) is 2.86. The molecule has 4 nitrogen and oxygen atoms in total. The maximum absolute atomic E-state index is 12.6. The second-order valence-electron chi connectivity index (χ2n) is 5.50. The molecule has 0 N–H and O–H groups in total. The van der Waals surface area contributed by atoms with Crippen molar-refractivity contribution in [1.29, 1.82) is 0 Å². The first-order chi connectivity index (χ1) is 12.5. The number of benzene rings is 2. The van der Waals surface area contributed by atoms with E-state index in [4.69, 9.17) is 4.74 Å². The van der Waals surface area contributed by atoms with Crippen LogP contribution in [0.4, 0.5) is 4.79 Å². The lowest BCUT2D eigenvalue weighted by Crippen LogP contribution is -2.27. The van der Waals surface area contributed by atoms with E-state index in [1.165, 1.54) is 4.90 Å². The van der Waals surface area contributed by atoms with Crippen molar-refractivity contribution in [2.45, 2.75) is 13.5 Å². The monoisotopic (exact) mass is 495 g/mol. The van der Waals surface area contributed by atoms with Gasteiger partial charge in [0.15, 0.2) is 0 Å². The summed E-state index contributed by atoms with van der Waals surface area (Å²) in [5, 5.41) is -0.255. The zero-order chi connectivity index (χ0) is 18.7. The van der Waals surface area contributed by atoms with Gasteiger partial charge in [-0.15, -0.1) is 0 Å². The SMILES string of the molecule is CCOc1c(Br)cc(/C=C2\SC(=O)N(Cc3ccccc3)C2=O)cc1Br. The molecule has 1 saturated heterocycles. The summed E-state index contributed by atoms with van der Waals surface area (Å²) in [4.78, 5) is 26.6. The number of amides is 2. The zero-order valence-electron chi connectivity index (χ0n) is 13.9. The van der Waals surface area contributed by atoms with Crippen LogP contribution in [-0.2, 0) is 11.3 Å². The Morgan fingerprint density at radius 3 is 2.38 bits per heavy atom. The van der Waals surface area contributed by atoms with Gasteiger partial charge in [0.1, 0.15) is 5.75 Å². The van der Waals surface area contributed by atoms with Gasteiger partial charge in [0, 0.05) is 0 Å². The highest BCUT2D eigenvalue weighted by Crippen LogP contribution is 2.38. The number of carbonyl (C=O) groups excluding carboxylic acids is 2. The molecule has 1 aliphatic rings. The molecule has 0 saturated carbocycles. The second-order valence-corrected chi connectivity index (χ2v) is 8.20. The number of hydrogen-bond donors (Lipinski definition) is 0. The molecule has 1 heterocycles. The highest BCUT2D eigenvalue weighted by Gasteiger charge is 2.35. The van der Waals surface area contributed by atoms with Gasteiger partial charge in [0.25, 0.3) is 11.1 Å². The Morgan fingerprint density at radius 1 is 1.12 bits per heavy atom. The third-order valence-electron chi connectivity index (χ3n) is 3.66. The normalized spacial score (nSPS) is 15.8. The summed E-state index contributed by atoms with van der Waals surface area (Å²) in [6, 6.07) is 13.2. The number of hydrogen-bond acceptors (Lipinski definition) is 4. The number of halogens is 2. The van der Waals surface area contributed by atoms with E-state index >= 15 is 0 Å². The van der Waals surface area contributed by atoms with Gasteiger partial charge >= 0.3 is 0 Å². The summed E-state index contributed by atoms with van der Waals surface area (Å²) in [6.45, 7) is 2.74. The molecule has 2 amide bonds. The molecule has 7 heteroatoms. The van der Waals surface area contributed by atoms with Gasteiger partial charge < -0.3 is 4.74 Å². The van der Waals surface area contributed by atoms with Crippen LogP contribution >= 0.6 is 43.6 Å². The van der Waals surface area contributed by atoms with Crippen molar-refractivity contribution in [1.82, 2.24) is 4.90 Å². The quantitative estimate of drug-likeness (QED) is 0.487. The highest BCUT2D eigenvalue weighted by molar-refractivity contribution is 9.11. The van der Waals surface area contributed by atoms with Gasteiger partial charge in [-0.05, 0) is 79.9 Å². The van der Waals surface area contributed by atoms with Crippen LogP contribution < -0.4 is 4.74 Å². The van der Waals surface area contributed by atoms with Crippen LogP contribution in [0.2, 0.25) is 0 Å². The molecule has 26 heavy (non-hydrogen) atoms. The first-order valence-corrected chi connectivity index (χ1v) is 10.3. The van der Waals surface area contributed by atoms with Crippen molar-refractivity contribution >= 4 is 60.8 Å². The molecule has 0 bridgehead atoms. The number of thioether (sulfide) groups is 1. The topological polar surface area (TPSA) is 46.6 Å². The summed E-state index contributed by atoms with van der Waals surface area (Å²) in [6.07, 6.45) is 1.72. The molecule has 0 spiro atoms. The Morgan fingerprint density at radius 2 is 1.77 bits per heavy atom. The standard InChI is InChI=1S/C19H15Br2NO3S/c1-2-25-17-14(20)8-13(9-15(17)21)10-16-18(23)22(19(24)26-16)11-12-6-4-3-5-7-12/h3-10H,2,11H2,1H3/b16-10-. The largest absolute Gasteiger partial charge is 0.492 e. The van der Waals surface area contributed by atoms with Crippen LogP contribution in [0.1, 0.15) is 18.1 Å². The molecule has 3 rings (SSSR count). The molecule has 0 aliphatic carbocycles. The van der Waals surface area contributed by atoms with Gasteiger partial charge in [-0.25, -0.2) is 0 Å². The predicted molar refractivity (Wildman–Crippen MR) is 111 cm³/mol. The Kier molecular flexibility index (Phi) is 6.21. The maximum Gasteiger partial charge on any atom is 0.293 e. The minimum atomic E-state index is -0.273. The number of ether oxygens (including phenoxy) is 1. The first kappa shape index (κ1) is 19.2. The molecule has 0 unspecified atom stereocenters. The van der Waals surface area contributed by atoms with Crippen molar-refractivity contribution in [3.8, 4) is 5.75 Å². The maximum atomic E-state index is 12.6. The van der Waals surface area contributed by atoms with Crippen LogP contribution in [0.5, 0.6) is 5.75 Å². The van der Waals surface area contributed by atoms with E-state index < -0.39 is 0 Å². The number of carbonyl (C=O) groups is 2. The van der Waals surface area contributed by atoms with E-state index in [0.717, 1.165) is 31.8 Å². The smallest absolute Gasteiger partial charge is 0.293 e. The zero-order valence-corrected chi connectivity index (χ0v) is 17.9. The summed E-state index contributed by atoms with van der Waals surface area (Å²) in [5.41, 5.74) is 1.72. The second kappa shape index (κ2) is 8.41. The Bertz CT molecular complexity index is 861.